The second-order valence-electron chi connectivity index (χ2n) is 7.26. The lowest BCUT2D eigenvalue weighted by molar-refractivity contribution is -0.116. The number of nitrogens with zero attached hydrogens (tertiary/aromatic N) is 3. The van der Waals surface area contributed by atoms with Crippen LogP contribution in [0.3, 0.4) is 0 Å². The maximum Gasteiger partial charge on any atom is 0.263 e. The molecule has 0 radical (unpaired) electrons. The fourth-order valence-corrected chi connectivity index (χ4v) is 4.41. The number of aryl methyl sites for hydroxylation is 3. The van der Waals surface area contributed by atoms with Crippen LogP contribution < -0.4 is 10.9 Å². The highest BCUT2D eigenvalue weighted by Gasteiger charge is 2.19. The van der Waals surface area contributed by atoms with E-state index in [9.17, 15) is 9.59 Å². The fourth-order valence-electron chi connectivity index (χ4n) is 3.37. The molecule has 0 aliphatic rings. The molecule has 3 rings (SSSR count). The largest absolute Gasteiger partial charge is 0.325 e. The highest BCUT2D eigenvalue weighted by molar-refractivity contribution is 7.18. The summed E-state index contributed by atoms with van der Waals surface area (Å²) < 4.78 is 1.53. The lowest BCUT2D eigenvalue weighted by atomic mass is 10.2. The molecule has 154 valence electrons. The molecular formula is C22H28N4O2S. The number of aromatic nitrogens is 2. The highest BCUT2D eigenvalue weighted by atomic mass is 32.1. The topological polar surface area (TPSA) is 67.2 Å². The molecule has 0 saturated heterocycles. The molecule has 29 heavy (non-hydrogen) atoms. The Kier molecular flexibility index (Phi) is 6.49. The number of hydrogen-bond donors (Lipinski definition) is 1. The van der Waals surface area contributed by atoms with Crippen LogP contribution in [0.2, 0.25) is 0 Å². The minimum Gasteiger partial charge on any atom is -0.325 e. The van der Waals surface area contributed by atoms with Crippen LogP contribution in [-0.4, -0.2) is 33.4 Å². The van der Waals surface area contributed by atoms with Gasteiger partial charge in [-0.25, -0.2) is 4.98 Å². The van der Waals surface area contributed by atoms with Gasteiger partial charge in [0.15, 0.2) is 0 Å². The van der Waals surface area contributed by atoms with E-state index in [1.54, 1.807) is 0 Å². The lowest BCUT2D eigenvalue weighted by Crippen LogP contribution is -2.34. The minimum atomic E-state index is -0.232. The predicted octanol–water partition coefficient (Wildman–Crippen LogP) is 3.86. The number of amides is 1. The summed E-state index contributed by atoms with van der Waals surface area (Å²) in [5, 5.41) is 3.52. The third kappa shape index (κ3) is 4.57. The Morgan fingerprint density at radius 3 is 2.59 bits per heavy atom. The van der Waals surface area contributed by atoms with Crippen molar-refractivity contribution in [3.8, 4) is 0 Å². The van der Waals surface area contributed by atoms with Gasteiger partial charge in [0.2, 0.25) is 5.91 Å². The van der Waals surface area contributed by atoms with E-state index in [0.29, 0.717) is 17.8 Å². The Hall–Kier alpha value is -2.51. The number of rotatable bonds is 7. The number of carbonyl (C=O) groups excluding carboxylic acids is 1. The van der Waals surface area contributed by atoms with Crippen LogP contribution in [0.15, 0.2) is 29.1 Å². The van der Waals surface area contributed by atoms with Crippen molar-refractivity contribution in [1.29, 1.82) is 0 Å². The van der Waals surface area contributed by atoms with Crippen molar-refractivity contribution in [3.63, 3.8) is 0 Å². The van der Waals surface area contributed by atoms with Crippen molar-refractivity contribution in [3.05, 3.63) is 56.4 Å². The van der Waals surface area contributed by atoms with Gasteiger partial charge in [0.25, 0.3) is 5.56 Å². The van der Waals surface area contributed by atoms with Crippen LogP contribution >= 0.6 is 11.3 Å². The van der Waals surface area contributed by atoms with Gasteiger partial charge in [-0.1, -0.05) is 26.0 Å². The molecule has 0 aliphatic carbocycles. The Morgan fingerprint density at radius 2 is 1.93 bits per heavy atom. The Morgan fingerprint density at radius 1 is 1.21 bits per heavy atom. The van der Waals surface area contributed by atoms with E-state index in [-0.39, 0.29) is 18.0 Å². The second-order valence-corrected chi connectivity index (χ2v) is 8.46. The van der Waals surface area contributed by atoms with Crippen molar-refractivity contribution in [2.45, 2.75) is 47.7 Å². The fraction of sp³-hybridized carbons (Fsp3) is 0.409. The van der Waals surface area contributed by atoms with Crippen molar-refractivity contribution in [2.75, 3.05) is 18.4 Å². The van der Waals surface area contributed by atoms with Crippen molar-refractivity contribution in [1.82, 2.24) is 14.5 Å². The smallest absolute Gasteiger partial charge is 0.263 e. The first-order valence-electron chi connectivity index (χ1n) is 9.92. The van der Waals surface area contributed by atoms with E-state index in [1.165, 1.54) is 15.9 Å². The zero-order valence-electron chi connectivity index (χ0n) is 17.7. The molecule has 1 N–H and O–H groups in total. The molecular weight excluding hydrogens is 384 g/mol. The number of anilines is 1. The summed E-state index contributed by atoms with van der Waals surface area (Å²) >= 11 is 1.54. The van der Waals surface area contributed by atoms with Crippen LogP contribution in [0.4, 0.5) is 5.69 Å². The number of hydrogen-bond acceptors (Lipinski definition) is 5. The van der Waals surface area contributed by atoms with Crippen LogP contribution in [0.25, 0.3) is 10.2 Å². The number of fused-ring (bicyclic) bond motifs is 1. The summed E-state index contributed by atoms with van der Waals surface area (Å²) in [5.41, 5.74) is 2.60. The van der Waals surface area contributed by atoms with Crippen LogP contribution in [0.5, 0.6) is 0 Å². The van der Waals surface area contributed by atoms with Gasteiger partial charge in [-0.05, 0) is 57.1 Å². The maximum atomic E-state index is 13.3. The zero-order chi connectivity index (χ0) is 21.1. The van der Waals surface area contributed by atoms with Gasteiger partial charge in [0, 0.05) is 10.6 Å². The van der Waals surface area contributed by atoms with Crippen LogP contribution in [0, 0.1) is 20.8 Å². The van der Waals surface area contributed by atoms with E-state index in [0.717, 1.165) is 39.6 Å². The second kappa shape index (κ2) is 8.88. The molecule has 0 atom stereocenters. The number of thiophene rings is 1. The van der Waals surface area contributed by atoms with Gasteiger partial charge < -0.3 is 5.32 Å². The molecule has 2 heterocycles. The normalized spacial score (nSPS) is 11.4. The summed E-state index contributed by atoms with van der Waals surface area (Å²) in [6.07, 6.45) is 0. The lowest BCUT2D eigenvalue weighted by Gasteiger charge is -2.20. The standard InChI is InChI=1S/C22H28N4O2S/c1-6-25(7-2)12-18-24-21-20(15(4)16(5)29-21)22(28)26(18)13-19(27)23-17-10-8-9-14(3)11-17/h8-11H,6-7,12-13H2,1-5H3,(H,23,27). The molecule has 0 spiro atoms. The third-order valence-electron chi connectivity index (χ3n) is 5.23. The van der Waals surface area contributed by atoms with E-state index in [1.807, 2.05) is 45.0 Å². The minimum absolute atomic E-state index is 0.0549. The number of nitrogens with one attached hydrogen (secondary N) is 1. The predicted molar refractivity (Wildman–Crippen MR) is 120 cm³/mol. The average Bonchev–Trinajstić information content (AvgIpc) is 2.96. The molecule has 0 saturated carbocycles. The molecule has 6 nitrogen and oxygen atoms in total. The summed E-state index contributed by atoms with van der Waals surface area (Å²) in [4.78, 5) is 34.9. The molecule has 2 aromatic heterocycles. The quantitative estimate of drug-likeness (QED) is 0.640. The first-order valence-corrected chi connectivity index (χ1v) is 10.7. The summed E-state index contributed by atoms with van der Waals surface area (Å²) in [5.74, 6) is 0.399. The van der Waals surface area contributed by atoms with Crippen LogP contribution in [-0.2, 0) is 17.9 Å². The van der Waals surface area contributed by atoms with Crippen molar-refractivity contribution >= 4 is 33.1 Å². The van der Waals surface area contributed by atoms with E-state index in [2.05, 4.69) is 24.1 Å². The Labute approximate surface area is 175 Å². The molecule has 0 bridgehead atoms. The Balaban J connectivity index is 2.01. The van der Waals surface area contributed by atoms with Crippen LogP contribution in [0.1, 0.15) is 35.7 Å². The zero-order valence-corrected chi connectivity index (χ0v) is 18.5. The molecule has 7 heteroatoms. The third-order valence-corrected chi connectivity index (χ3v) is 6.33. The molecule has 0 aliphatic heterocycles. The van der Waals surface area contributed by atoms with Gasteiger partial charge >= 0.3 is 0 Å². The van der Waals surface area contributed by atoms with E-state index >= 15 is 0 Å². The van der Waals surface area contributed by atoms with Gasteiger partial charge in [0.1, 0.15) is 17.2 Å². The van der Waals surface area contributed by atoms with Gasteiger partial charge in [-0.15, -0.1) is 11.3 Å². The molecule has 0 fully saturated rings. The molecule has 1 aromatic carbocycles. The average molecular weight is 413 g/mol. The maximum absolute atomic E-state index is 13.3. The summed E-state index contributed by atoms with van der Waals surface area (Å²) in [6.45, 7) is 12.3. The van der Waals surface area contributed by atoms with Gasteiger partial charge in [-0.3, -0.25) is 19.1 Å². The number of carbonyl (C=O) groups is 1. The molecule has 0 unspecified atom stereocenters. The van der Waals surface area contributed by atoms with E-state index in [4.69, 9.17) is 4.98 Å². The highest BCUT2D eigenvalue weighted by Crippen LogP contribution is 2.26. The SMILES string of the molecule is CCN(CC)Cc1nc2sc(C)c(C)c2c(=O)n1CC(=O)Nc1cccc(C)c1. The monoisotopic (exact) mass is 412 g/mol. The molecule has 1 amide bonds. The molecule has 3 aromatic rings. The summed E-state index contributed by atoms with van der Waals surface area (Å²) in [7, 11) is 0. The van der Waals surface area contributed by atoms with Gasteiger partial charge in [0.05, 0.1) is 11.9 Å². The first-order chi connectivity index (χ1) is 13.8. The van der Waals surface area contributed by atoms with Crippen molar-refractivity contribution in [2.24, 2.45) is 0 Å². The Bertz CT molecular complexity index is 1100. The first kappa shape index (κ1) is 21.2. The van der Waals surface area contributed by atoms with Crippen molar-refractivity contribution < 1.29 is 4.79 Å². The van der Waals surface area contributed by atoms with Gasteiger partial charge in [-0.2, -0.15) is 0 Å². The summed E-state index contributed by atoms with van der Waals surface area (Å²) in [6, 6.07) is 7.62. The van der Waals surface area contributed by atoms with E-state index < -0.39 is 0 Å². The number of benzene rings is 1.